The molecule has 1 fully saturated rings. The van der Waals surface area contributed by atoms with Gasteiger partial charge in [0.15, 0.2) is 4.67 Å². The van der Waals surface area contributed by atoms with Crippen molar-refractivity contribution in [1.29, 1.82) is 0 Å². The quantitative estimate of drug-likeness (QED) is 0.854. The summed E-state index contributed by atoms with van der Waals surface area (Å²) in [5.74, 6) is 0.947. The molecule has 1 aromatic rings. The van der Waals surface area contributed by atoms with Crippen LogP contribution < -0.4 is 5.73 Å². The lowest BCUT2D eigenvalue weighted by Crippen LogP contribution is -2.46. The molecule has 1 saturated carbocycles. The monoisotopic (exact) mass is 342 g/mol. The second kappa shape index (κ2) is 6.76. The molecule has 2 rings (SSSR count). The molecule has 0 bridgehead atoms. The molecule has 0 unspecified atom stereocenters. The summed E-state index contributed by atoms with van der Waals surface area (Å²) in [7, 11) is 1.83. The van der Waals surface area contributed by atoms with Crippen LogP contribution in [0, 0.1) is 5.41 Å². The number of nitrogens with two attached hydrogens (primary N) is 1. The Balaban J connectivity index is 2.06. The van der Waals surface area contributed by atoms with Gasteiger partial charge in [0, 0.05) is 13.6 Å². The van der Waals surface area contributed by atoms with Crippen LogP contribution in [0.3, 0.4) is 0 Å². The minimum absolute atomic E-state index is 0.162. The Morgan fingerprint density at radius 3 is 2.50 bits per heavy atom. The van der Waals surface area contributed by atoms with Crippen molar-refractivity contribution in [3.63, 3.8) is 0 Å². The lowest BCUT2D eigenvalue weighted by atomic mass is 9.79. The van der Waals surface area contributed by atoms with Crippen LogP contribution >= 0.6 is 15.9 Å². The molecule has 1 amide bonds. The summed E-state index contributed by atoms with van der Waals surface area (Å²) in [4.78, 5) is 14.6. The first-order valence-corrected chi connectivity index (χ1v) is 8.06. The third kappa shape index (κ3) is 3.44. The summed E-state index contributed by atoms with van der Waals surface area (Å²) >= 11 is 3.28. The van der Waals surface area contributed by atoms with Gasteiger partial charge in [-0.15, -0.1) is 0 Å². The van der Waals surface area contributed by atoms with Crippen molar-refractivity contribution in [2.45, 2.75) is 45.1 Å². The molecule has 112 valence electrons. The van der Waals surface area contributed by atoms with Crippen molar-refractivity contribution in [2.24, 2.45) is 11.1 Å². The van der Waals surface area contributed by atoms with Crippen LogP contribution in [0.15, 0.2) is 21.2 Å². The summed E-state index contributed by atoms with van der Waals surface area (Å²) in [5, 5.41) is 0. The van der Waals surface area contributed by atoms with Crippen molar-refractivity contribution in [1.82, 2.24) is 4.90 Å². The van der Waals surface area contributed by atoms with E-state index in [1.165, 1.54) is 12.8 Å². The zero-order valence-electron chi connectivity index (χ0n) is 12.0. The van der Waals surface area contributed by atoms with Crippen molar-refractivity contribution in [2.75, 3.05) is 13.6 Å². The van der Waals surface area contributed by atoms with Crippen molar-refractivity contribution in [3.05, 3.63) is 22.6 Å². The highest BCUT2D eigenvalue weighted by atomic mass is 79.9. The highest BCUT2D eigenvalue weighted by Crippen LogP contribution is 2.36. The maximum absolute atomic E-state index is 12.8. The molecular weight excluding hydrogens is 320 g/mol. The summed E-state index contributed by atoms with van der Waals surface area (Å²) in [6, 6.07) is 3.73. The van der Waals surface area contributed by atoms with Gasteiger partial charge < -0.3 is 15.1 Å². The van der Waals surface area contributed by atoms with E-state index in [9.17, 15) is 4.79 Å². The Morgan fingerprint density at radius 2 is 2.00 bits per heavy atom. The van der Waals surface area contributed by atoms with Gasteiger partial charge in [-0.2, -0.15) is 0 Å². The standard InChI is InChI=1S/C15H23BrN2O2/c1-18(10-12-6-7-13(16)20-12)14(19)15(11-17)8-4-2-3-5-9-15/h6-7H,2-5,8-11,17H2,1H3. The number of carbonyl (C=O) groups is 1. The van der Waals surface area contributed by atoms with Crippen LogP contribution in [-0.2, 0) is 11.3 Å². The first-order chi connectivity index (χ1) is 9.57. The molecule has 20 heavy (non-hydrogen) atoms. The molecule has 0 aromatic carbocycles. The van der Waals surface area contributed by atoms with Crippen molar-refractivity contribution < 1.29 is 9.21 Å². The molecule has 1 aliphatic carbocycles. The Bertz CT molecular complexity index is 450. The topological polar surface area (TPSA) is 59.5 Å². The van der Waals surface area contributed by atoms with Gasteiger partial charge in [0.2, 0.25) is 5.91 Å². The Labute approximate surface area is 128 Å². The number of hydrogen-bond donors (Lipinski definition) is 1. The third-order valence-electron chi connectivity index (χ3n) is 4.27. The molecule has 4 nitrogen and oxygen atoms in total. The van der Waals surface area contributed by atoms with Crippen LogP contribution in [0.2, 0.25) is 0 Å². The number of furan rings is 1. The minimum atomic E-state index is -0.366. The van der Waals surface area contributed by atoms with Gasteiger partial charge in [0.25, 0.3) is 0 Å². The third-order valence-corrected chi connectivity index (χ3v) is 4.70. The molecule has 0 aliphatic heterocycles. The Morgan fingerprint density at radius 1 is 1.35 bits per heavy atom. The maximum Gasteiger partial charge on any atom is 0.230 e. The normalized spacial score (nSPS) is 18.6. The minimum Gasteiger partial charge on any atom is -0.452 e. The fourth-order valence-corrected chi connectivity index (χ4v) is 3.40. The molecule has 1 heterocycles. The van der Waals surface area contributed by atoms with Crippen LogP contribution in [0.1, 0.15) is 44.3 Å². The highest BCUT2D eigenvalue weighted by molar-refractivity contribution is 9.10. The second-order valence-electron chi connectivity index (χ2n) is 5.77. The highest BCUT2D eigenvalue weighted by Gasteiger charge is 2.39. The van der Waals surface area contributed by atoms with Gasteiger partial charge in [0.05, 0.1) is 12.0 Å². The predicted molar refractivity (Wildman–Crippen MR) is 82.1 cm³/mol. The van der Waals surface area contributed by atoms with Gasteiger partial charge in [-0.3, -0.25) is 4.79 Å². The van der Waals surface area contributed by atoms with Crippen LogP contribution in [-0.4, -0.2) is 24.4 Å². The van der Waals surface area contributed by atoms with Gasteiger partial charge in [-0.1, -0.05) is 25.7 Å². The van der Waals surface area contributed by atoms with Crippen molar-refractivity contribution >= 4 is 21.8 Å². The molecule has 1 aromatic heterocycles. The van der Waals surface area contributed by atoms with E-state index in [-0.39, 0.29) is 11.3 Å². The molecule has 0 atom stereocenters. The Kier molecular flexibility index (Phi) is 5.27. The smallest absolute Gasteiger partial charge is 0.230 e. The van der Waals surface area contributed by atoms with Crippen LogP contribution in [0.5, 0.6) is 0 Å². The van der Waals surface area contributed by atoms with Gasteiger partial charge in [-0.05, 0) is 40.9 Å². The van der Waals surface area contributed by atoms with E-state index in [4.69, 9.17) is 10.2 Å². The summed E-state index contributed by atoms with van der Waals surface area (Å²) in [6.07, 6.45) is 6.45. The molecular formula is C15H23BrN2O2. The van der Waals surface area contributed by atoms with Crippen molar-refractivity contribution in [3.8, 4) is 0 Å². The number of amides is 1. The predicted octanol–water partition coefficient (Wildman–Crippen LogP) is 3.30. The fourth-order valence-electron chi connectivity index (χ4n) is 3.06. The first-order valence-electron chi connectivity index (χ1n) is 7.27. The first kappa shape index (κ1) is 15.6. The summed E-state index contributed by atoms with van der Waals surface area (Å²) < 4.78 is 6.17. The zero-order valence-corrected chi connectivity index (χ0v) is 13.6. The lowest BCUT2D eigenvalue weighted by Gasteiger charge is -2.33. The van der Waals surface area contributed by atoms with E-state index in [1.54, 1.807) is 4.90 Å². The number of carbonyl (C=O) groups excluding carboxylic acids is 1. The van der Waals surface area contributed by atoms with E-state index in [0.29, 0.717) is 17.8 Å². The molecule has 0 saturated heterocycles. The van der Waals surface area contributed by atoms with E-state index < -0.39 is 0 Å². The van der Waals surface area contributed by atoms with E-state index in [1.807, 2.05) is 19.2 Å². The Hall–Kier alpha value is -0.810. The SMILES string of the molecule is CN(Cc1ccc(Br)o1)C(=O)C1(CN)CCCCCC1. The van der Waals surface area contributed by atoms with E-state index >= 15 is 0 Å². The number of hydrogen-bond acceptors (Lipinski definition) is 3. The van der Waals surface area contributed by atoms with Gasteiger partial charge >= 0.3 is 0 Å². The molecule has 1 aliphatic rings. The molecule has 0 radical (unpaired) electrons. The average Bonchev–Trinajstić information content (AvgIpc) is 2.71. The van der Waals surface area contributed by atoms with Gasteiger partial charge in [0.1, 0.15) is 5.76 Å². The zero-order chi connectivity index (χ0) is 14.6. The number of rotatable bonds is 4. The number of halogens is 1. The second-order valence-corrected chi connectivity index (χ2v) is 6.55. The molecule has 2 N–H and O–H groups in total. The maximum atomic E-state index is 12.8. The van der Waals surface area contributed by atoms with Crippen LogP contribution in [0.25, 0.3) is 0 Å². The number of nitrogens with zero attached hydrogens (tertiary/aromatic N) is 1. The van der Waals surface area contributed by atoms with E-state index in [0.717, 1.165) is 31.4 Å². The summed E-state index contributed by atoms with van der Waals surface area (Å²) in [5.41, 5.74) is 5.60. The fraction of sp³-hybridized carbons (Fsp3) is 0.667. The largest absolute Gasteiger partial charge is 0.452 e. The summed E-state index contributed by atoms with van der Waals surface area (Å²) in [6.45, 7) is 0.935. The molecule has 0 spiro atoms. The van der Waals surface area contributed by atoms with Gasteiger partial charge in [-0.25, -0.2) is 0 Å². The van der Waals surface area contributed by atoms with Crippen LogP contribution in [0.4, 0.5) is 0 Å². The average molecular weight is 343 g/mol. The lowest BCUT2D eigenvalue weighted by molar-refractivity contribution is -0.142. The molecule has 5 heteroatoms. The van der Waals surface area contributed by atoms with E-state index in [2.05, 4.69) is 15.9 Å².